The Morgan fingerprint density at radius 1 is 0.180 bits per heavy atom. The van der Waals surface area contributed by atoms with Crippen molar-refractivity contribution >= 4 is 0 Å². The summed E-state index contributed by atoms with van der Waals surface area (Å²) in [4.78, 5) is 0. The lowest BCUT2D eigenvalue weighted by Crippen LogP contribution is -2.38. The van der Waals surface area contributed by atoms with Crippen LogP contribution in [0.5, 0.6) is 0 Å². The molecule has 0 heteroatoms. The highest BCUT2D eigenvalue weighted by Crippen LogP contribution is 2.67. The van der Waals surface area contributed by atoms with Gasteiger partial charge in [-0.25, -0.2) is 0 Å². The van der Waals surface area contributed by atoms with Gasteiger partial charge in [-0.3, -0.25) is 0 Å². The van der Waals surface area contributed by atoms with E-state index < -0.39 is 0 Å². The van der Waals surface area contributed by atoms with Crippen molar-refractivity contribution in [3.63, 3.8) is 0 Å². The van der Waals surface area contributed by atoms with Crippen LogP contribution in [0.15, 0.2) is 0 Å². The van der Waals surface area contributed by atoms with Crippen molar-refractivity contribution in [2.75, 3.05) is 0 Å². The maximum Gasteiger partial charge on any atom is -0.0323 e. The molecule has 0 aliphatic heterocycles. The number of rotatable bonds is 0. The molecule has 0 amide bonds. The summed E-state index contributed by atoms with van der Waals surface area (Å²) in [5.41, 5.74) is 0. The molecule has 15 aliphatic rings. The van der Waals surface area contributed by atoms with Gasteiger partial charge in [0.2, 0.25) is 0 Å². The topological polar surface area (TPSA) is 0 Å². The highest BCUT2D eigenvalue weighted by Gasteiger charge is 2.59. The minimum Gasteiger partial charge on any atom is -0.0533 e. The molecular formula is C50H84. The van der Waals surface area contributed by atoms with Crippen LogP contribution in [0.4, 0.5) is 0 Å². The van der Waals surface area contributed by atoms with Crippen molar-refractivity contribution in [1.29, 1.82) is 0 Å². The predicted octanol–water partition coefficient (Wildman–Crippen LogP) is 15.2. The van der Waals surface area contributed by atoms with E-state index in [-0.39, 0.29) is 0 Å². The van der Waals surface area contributed by atoms with Crippen molar-refractivity contribution < 1.29 is 0 Å². The Balaban J connectivity index is 0.0000000828. The first kappa shape index (κ1) is 35.7. The second kappa shape index (κ2) is 16.8. The van der Waals surface area contributed by atoms with E-state index in [1.807, 2.05) is 0 Å². The van der Waals surface area contributed by atoms with E-state index in [2.05, 4.69) is 0 Å². The normalized spacial score (nSPS) is 50.9. The highest BCUT2D eigenvalue weighted by molar-refractivity contribution is 5.08. The first-order chi connectivity index (χ1) is 24.7. The van der Waals surface area contributed by atoms with Crippen LogP contribution in [0.2, 0.25) is 0 Å². The van der Waals surface area contributed by atoms with Crippen molar-refractivity contribution in [1.82, 2.24) is 0 Å². The van der Waals surface area contributed by atoms with Gasteiger partial charge in [-0.1, -0.05) is 103 Å². The van der Waals surface area contributed by atoms with Gasteiger partial charge in [0.25, 0.3) is 0 Å². The monoisotopic (exact) mass is 685 g/mol. The van der Waals surface area contributed by atoms with Gasteiger partial charge in [0.1, 0.15) is 0 Å². The fourth-order valence-electron chi connectivity index (χ4n) is 17.7. The highest BCUT2D eigenvalue weighted by atomic mass is 14.6. The van der Waals surface area contributed by atoms with Crippen LogP contribution >= 0.6 is 0 Å². The number of hydrogen-bond acceptors (Lipinski definition) is 0. The number of hydrogen-bond donors (Lipinski definition) is 0. The molecule has 8 atom stereocenters. The summed E-state index contributed by atoms with van der Waals surface area (Å²) >= 11 is 0. The number of fused-ring (bicyclic) bond motifs is 16. The molecule has 15 aliphatic carbocycles. The Kier molecular flexibility index (Phi) is 12.0. The van der Waals surface area contributed by atoms with Gasteiger partial charge in [0.05, 0.1) is 0 Å². The maximum atomic E-state index is 1.64. The third-order valence-corrected chi connectivity index (χ3v) is 19.4. The average Bonchev–Trinajstić information content (AvgIpc) is 4.03. The van der Waals surface area contributed by atoms with Crippen LogP contribution in [0.25, 0.3) is 0 Å². The molecule has 0 aromatic rings. The molecule has 0 N–H and O–H groups in total. The Hall–Kier alpha value is 0. The molecule has 8 unspecified atom stereocenters. The SMILES string of the molecule is C1C2CC3CC1CC(C2)C3.C1CC2C3CCC(C3)C2C1.C1CC2CC1C1C3CCC(C3)C21.C1CC2CCC1C2.C1CCCC1.C1CCCCC1. The van der Waals surface area contributed by atoms with Crippen LogP contribution in [-0.4, -0.2) is 0 Å². The van der Waals surface area contributed by atoms with Gasteiger partial charge in [0, 0.05) is 0 Å². The molecule has 0 spiro atoms. The summed E-state index contributed by atoms with van der Waals surface area (Å²) < 4.78 is 0. The lowest BCUT2D eigenvalue weighted by atomic mass is 9.56. The van der Waals surface area contributed by atoms with Crippen LogP contribution < -0.4 is 0 Å². The van der Waals surface area contributed by atoms with E-state index in [1.54, 1.807) is 148 Å². The summed E-state index contributed by atoms with van der Waals surface area (Å²) in [6, 6.07) is 0. The van der Waals surface area contributed by atoms with Crippen LogP contribution in [-0.2, 0) is 0 Å². The third-order valence-electron chi connectivity index (χ3n) is 19.4. The van der Waals surface area contributed by atoms with Crippen molar-refractivity contribution in [2.45, 2.75) is 218 Å². The van der Waals surface area contributed by atoms with E-state index in [0.717, 1.165) is 0 Å². The van der Waals surface area contributed by atoms with Gasteiger partial charge in [-0.15, -0.1) is 0 Å². The summed E-state index contributed by atoms with van der Waals surface area (Å²) in [5, 5.41) is 0. The molecule has 0 radical (unpaired) electrons. The van der Waals surface area contributed by atoms with Gasteiger partial charge in [-0.2, -0.15) is 0 Å². The third kappa shape index (κ3) is 8.16. The first-order valence-electron chi connectivity index (χ1n) is 24.7. The quantitative estimate of drug-likeness (QED) is 0.223. The van der Waals surface area contributed by atoms with Crippen LogP contribution in [0.1, 0.15) is 218 Å². The Morgan fingerprint density at radius 3 is 0.720 bits per heavy atom. The summed E-state index contributed by atoms with van der Waals surface area (Å²) in [6.07, 6.45) is 53.2. The zero-order chi connectivity index (χ0) is 33.3. The standard InChI is InChI=1S/C12H18.2C10H16.C7H12.C6H12.C5H10/c1-2-8-5-7(1)11-9-3-4-10(6-9)12(8)11;1-7-2-9-4-8(1)5-10(3-7)6-9;1-2-9-7-4-5-8(6-7)10(9)3-1;1-2-7-4-3-6(1)5-7;1-2-4-6-5-3-1;1-2-4-5-3-1/h7-12H,1-6H2;2*7-10H,1-6H2;6-7H,1-5H2;1-6H2;1-5H2. The van der Waals surface area contributed by atoms with Gasteiger partial charge < -0.3 is 0 Å². The van der Waals surface area contributed by atoms with Gasteiger partial charge in [0.15, 0.2) is 0 Å². The predicted molar refractivity (Wildman–Crippen MR) is 213 cm³/mol. The zero-order valence-electron chi connectivity index (χ0n) is 33.3. The minimum atomic E-state index is 1.17. The minimum absolute atomic E-state index is 1.17. The molecule has 15 rings (SSSR count). The molecule has 284 valence electrons. The van der Waals surface area contributed by atoms with Crippen molar-refractivity contribution in [2.24, 2.45) is 94.7 Å². The van der Waals surface area contributed by atoms with Gasteiger partial charge >= 0.3 is 0 Å². The summed E-state index contributed by atoms with van der Waals surface area (Å²) in [5.74, 6) is 19.1. The fourth-order valence-corrected chi connectivity index (χ4v) is 17.7. The molecule has 0 nitrogen and oxygen atoms in total. The largest absolute Gasteiger partial charge is 0.0533 e. The van der Waals surface area contributed by atoms with E-state index in [4.69, 9.17) is 0 Å². The van der Waals surface area contributed by atoms with Crippen LogP contribution in [0.3, 0.4) is 0 Å². The second-order valence-corrected chi connectivity index (χ2v) is 22.3. The van der Waals surface area contributed by atoms with Crippen LogP contribution in [0, 0.1) is 94.7 Å². The zero-order valence-corrected chi connectivity index (χ0v) is 33.3. The molecule has 50 heavy (non-hydrogen) atoms. The Morgan fingerprint density at radius 2 is 0.440 bits per heavy atom. The lowest BCUT2D eigenvalue weighted by Gasteiger charge is -2.49. The van der Waals surface area contributed by atoms with E-state index in [0.29, 0.717) is 0 Å². The first-order valence-corrected chi connectivity index (χ1v) is 24.7. The molecule has 0 aromatic carbocycles. The van der Waals surface area contributed by atoms with Crippen molar-refractivity contribution in [3.8, 4) is 0 Å². The summed E-state index contributed by atoms with van der Waals surface area (Å²) in [6.45, 7) is 0. The lowest BCUT2D eigenvalue weighted by molar-refractivity contribution is 0.0198. The van der Waals surface area contributed by atoms with E-state index >= 15 is 0 Å². The van der Waals surface area contributed by atoms with Crippen molar-refractivity contribution in [3.05, 3.63) is 0 Å². The smallest absolute Gasteiger partial charge is 0.0323 e. The van der Waals surface area contributed by atoms with E-state index in [1.165, 1.54) is 165 Å². The molecule has 0 aromatic heterocycles. The average molecular weight is 685 g/mol. The summed E-state index contributed by atoms with van der Waals surface area (Å²) in [7, 11) is 0. The fraction of sp³-hybridized carbons (Fsp3) is 1.00. The van der Waals surface area contributed by atoms with E-state index in [9.17, 15) is 0 Å². The molecule has 0 heterocycles. The molecule has 12 bridgehead atoms. The molecular weight excluding hydrogens is 601 g/mol. The Bertz CT molecular complexity index is 879. The second-order valence-electron chi connectivity index (χ2n) is 22.3. The molecule has 15 saturated carbocycles. The maximum absolute atomic E-state index is 1.64. The molecule has 15 fully saturated rings. The Labute approximate surface area is 312 Å². The van der Waals surface area contributed by atoms with Gasteiger partial charge in [-0.05, 0) is 210 Å². The molecule has 0 saturated heterocycles.